The van der Waals surface area contributed by atoms with Crippen LogP contribution < -0.4 is 9.47 Å². The molecule has 0 fully saturated rings. The van der Waals surface area contributed by atoms with Crippen molar-refractivity contribution >= 4 is 0 Å². The molecule has 4 nitrogen and oxygen atoms in total. The maximum absolute atomic E-state index is 8.17. The summed E-state index contributed by atoms with van der Waals surface area (Å²) in [6.45, 7) is 14.2. The Balaban J connectivity index is -0.000000692. The van der Waals surface area contributed by atoms with Gasteiger partial charge in [0.15, 0.2) is 0 Å². The Morgan fingerprint density at radius 3 is 1.36 bits per heavy atom. The summed E-state index contributed by atoms with van der Waals surface area (Å²) in [5, 5.41) is 8.17. The van der Waals surface area contributed by atoms with Crippen LogP contribution in [0.15, 0.2) is 18.2 Å². The molecular formula is C32H64O4. The van der Waals surface area contributed by atoms with Gasteiger partial charge in [-0.15, -0.1) is 0 Å². The quantitative estimate of drug-likeness (QED) is 0.199. The van der Waals surface area contributed by atoms with Crippen molar-refractivity contribution in [3.63, 3.8) is 0 Å². The van der Waals surface area contributed by atoms with Crippen LogP contribution in [0.1, 0.15) is 137 Å². The zero-order chi connectivity index (χ0) is 27.7. The Bertz CT molecular complexity index is 477. The maximum atomic E-state index is 8.17. The lowest BCUT2D eigenvalue weighted by Crippen LogP contribution is -1.98. The first-order chi connectivity index (χ1) is 17.6. The van der Waals surface area contributed by atoms with Crippen LogP contribution in [0.4, 0.5) is 0 Å². The fourth-order valence-electron chi connectivity index (χ4n) is 3.45. The van der Waals surface area contributed by atoms with Crippen LogP contribution in [0.5, 0.6) is 11.5 Å². The maximum Gasteiger partial charge on any atom is 0.125 e. The molecule has 0 amide bonds. The molecule has 0 radical (unpaired) electrons. The lowest BCUT2D eigenvalue weighted by Gasteiger charge is -2.12. The molecule has 0 aliphatic carbocycles. The Kier molecular flexibility index (Phi) is 39.1. The highest BCUT2D eigenvalue weighted by molar-refractivity contribution is 5.44. The van der Waals surface area contributed by atoms with Crippen molar-refractivity contribution in [3.8, 4) is 11.5 Å². The molecule has 36 heavy (non-hydrogen) atoms. The molecule has 0 bridgehead atoms. The smallest absolute Gasteiger partial charge is 0.125 e. The SMILES string of the molecule is CCC.CCC.CCCCCCCCCCCCCc1c(OC)cccc1OC.CCCOCCO. The number of aliphatic hydroxyl groups excluding tert-OH is 1. The number of methoxy groups -OCH3 is 2. The average Bonchev–Trinajstić information content (AvgIpc) is 2.89. The number of aliphatic hydroxyl groups is 1. The summed E-state index contributed by atoms with van der Waals surface area (Å²) in [5.74, 6) is 1.91. The lowest BCUT2D eigenvalue weighted by molar-refractivity contribution is 0.0928. The van der Waals surface area contributed by atoms with Crippen molar-refractivity contribution in [1.29, 1.82) is 0 Å². The number of rotatable bonds is 18. The average molecular weight is 513 g/mol. The van der Waals surface area contributed by atoms with Crippen LogP contribution in [-0.4, -0.2) is 39.1 Å². The van der Waals surface area contributed by atoms with Gasteiger partial charge in [-0.1, -0.05) is 125 Å². The number of hydrogen-bond acceptors (Lipinski definition) is 4. The van der Waals surface area contributed by atoms with Gasteiger partial charge in [0.25, 0.3) is 0 Å². The minimum absolute atomic E-state index is 0.139. The summed E-state index contributed by atoms with van der Waals surface area (Å²) in [7, 11) is 3.47. The van der Waals surface area contributed by atoms with Crippen molar-refractivity contribution < 1.29 is 19.3 Å². The molecule has 1 aromatic rings. The van der Waals surface area contributed by atoms with Crippen LogP contribution in [0, 0.1) is 0 Å². The van der Waals surface area contributed by atoms with Gasteiger partial charge in [-0.25, -0.2) is 0 Å². The van der Waals surface area contributed by atoms with E-state index in [4.69, 9.17) is 19.3 Å². The monoisotopic (exact) mass is 512 g/mol. The summed E-state index contributed by atoms with van der Waals surface area (Å²) >= 11 is 0. The van der Waals surface area contributed by atoms with Gasteiger partial charge in [-0.2, -0.15) is 0 Å². The summed E-state index contributed by atoms with van der Waals surface area (Å²) in [6.07, 6.45) is 19.7. The summed E-state index contributed by atoms with van der Waals surface area (Å²) < 4.78 is 15.8. The van der Waals surface area contributed by atoms with E-state index in [9.17, 15) is 0 Å². The molecule has 0 unspecified atom stereocenters. The van der Waals surface area contributed by atoms with Gasteiger partial charge in [0.05, 0.1) is 27.4 Å². The normalized spacial score (nSPS) is 9.69. The zero-order valence-electron chi connectivity index (χ0n) is 25.6. The van der Waals surface area contributed by atoms with E-state index in [1.54, 1.807) is 14.2 Å². The van der Waals surface area contributed by atoms with E-state index in [0.717, 1.165) is 30.9 Å². The second kappa shape index (κ2) is 35.9. The highest BCUT2D eigenvalue weighted by Gasteiger charge is 2.08. The molecule has 216 valence electrons. The molecule has 1 N–H and O–H groups in total. The van der Waals surface area contributed by atoms with Gasteiger partial charge in [-0.05, 0) is 31.4 Å². The summed E-state index contributed by atoms with van der Waals surface area (Å²) in [5.41, 5.74) is 1.22. The van der Waals surface area contributed by atoms with Crippen molar-refractivity contribution in [2.45, 2.75) is 138 Å². The molecule has 0 heterocycles. The first kappa shape index (κ1) is 39.3. The largest absolute Gasteiger partial charge is 0.496 e. The van der Waals surface area contributed by atoms with Crippen molar-refractivity contribution in [2.75, 3.05) is 34.0 Å². The Hall–Kier alpha value is -1.26. The molecule has 0 aromatic heterocycles. The Morgan fingerprint density at radius 1 is 0.583 bits per heavy atom. The molecule has 0 aliphatic rings. The minimum Gasteiger partial charge on any atom is -0.496 e. The predicted octanol–water partition coefficient (Wildman–Crippen LogP) is 9.80. The highest BCUT2D eigenvalue weighted by Crippen LogP contribution is 2.30. The second-order valence-corrected chi connectivity index (χ2v) is 9.18. The van der Waals surface area contributed by atoms with Crippen molar-refractivity contribution in [2.24, 2.45) is 0 Å². The standard InChI is InChI=1S/C21H36O2.C5H12O2.2C3H8/c1-4-5-6-7-8-9-10-11-12-13-14-16-19-20(22-2)17-15-18-21(19)23-3;1-2-4-7-5-3-6;2*1-3-2/h15,17-18H,4-14,16H2,1-3H3;6H,2-5H2,1H3;2*3H2,1-2H3. The summed E-state index contributed by atoms with van der Waals surface area (Å²) in [6, 6.07) is 6.04. The minimum atomic E-state index is 0.139. The fraction of sp³-hybridized carbons (Fsp3) is 0.812. The van der Waals surface area contributed by atoms with Gasteiger partial charge in [-0.3, -0.25) is 0 Å². The molecule has 0 aliphatic heterocycles. The molecular weight excluding hydrogens is 448 g/mol. The van der Waals surface area contributed by atoms with E-state index in [1.807, 2.05) is 25.1 Å². The Labute approximate surface area is 226 Å². The highest BCUT2D eigenvalue weighted by atomic mass is 16.5. The topological polar surface area (TPSA) is 47.9 Å². The first-order valence-corrected chi connectivity index (χ1v) is 15.0. The van der Waals surface area contributed by atoms with Gasteiger partial charge in [0, 0.05) is 12.2 Å². The van der Waals surface area contributed by atoms with Gasteiger partial charge in [0.2, 0.25) is 0 Å². The summed E-state index contributed by atoms with van der Waals surface area (Å²) in [4.78, 5) is 0. The number of benzene rings is 1. The van der Waals surface area contributed by atoms with Gasteiger partial charge < -0.3 is 19.3 Å². The third kappa shape index (κ3) is 29.0. The molecule has 4 heteroatoms. The van der Waals surface area contributed by atoms with Gasteiger partial charge >= 0.3 is 0 Å². The molecule has 0 spiro atoms. The van der Waals surface area contributed by atoms with E-state index >= 15 is 0 Å². The third-order valence-corrected chi connectivity index (χ3v) is 5.14. The molecule has 0 saturated carbocycles. The Morgan fingerprint density at radius 2 is 1.00 bits per heavy atom. The van der Waals surface area contributed by atoms with E-state index in [1.165, 1.54) is 89.0 Å². The first-order valence-electron chi connectivity index (χ1n) is 15.0. The number of hydrogen-bond donors (Lipinski definition) is 1. The number of ether oxygens (including phenoxy) is 3. The molecule has 1 aromatic carbocycles. The second-order valence-electron chi connectivity index (χ2n) is 9.18. The van der Waals surface area contributed by atoms with Crippen LogP contribution >= 0.6 is 0 Å². The lowest BCUT2D eigenvalue weighted by atomic mass is 10.0. The van der Waals surface area contributed by atoms with E-state index in [2.05, 4.69) is 34.6 Å². The molecule has 0 saturated heterocycles. The van der Waals surface area contributed by atoms with Crippen molar-refractivity contribution in [1.82, 2.24) is 0 Å². The van der Waals surface area contributed by atoms with E-state index in [-0.39, 0.29) is 6.61 Å². The van der Waals surface area contributed by atoms with Crippen LogP contribution in [0.2, 0.25) is 0 Å². The molecule has 1 rings (SSSR count). The number of unbranched alkanes of at least 4 members (excludes halogenated alkanes) is 10. The van der Waals surface area contributed by atoms with Crippen LogP contribution in [-0.2, 0) is 11.2 Å². The third-order valence-electron chi connectivity index (χ3n) is 5.14. The zero-order valence-corrected chi connectivity index (χ0v) is 25.6. The molecule has 0 atom stereocenters. The predicted molar refractivity (Wildman–Crippen MR) is 160 cm³/mol. The van der Waals surface area contributed by atoms with E-state index in [0.29, 0.717) is 6.61 Å². The van der Waals surface area contributed by atoms with Crippen molar-refractivity contribution in [3.05, 3.63) is 23.8 Å². The van der Waals surface area contributed by atoms with Crippen LogP contribution in [0.25, 0.3) is 0 Å². The fourth-order valence-corrected chi connectivity index (χ4v) is 3.45. The van der Waals surface area contributed by atoms with Gasteiger partial charge in [0.1, 0.15) is 11.5 Å². The van der Waals surface area contributed by atoms with Crippen LogP contribution in [0.3, 0.4) is 0 Å². The van der Waals surface area contributed by atoms with E-state index < -0.39 is 0 Å².